The van der Waals surface area contributed by atoms with E-state index >= 15 is 0 Å². The molecular formula is C22H25F3N2O4S. The van der Waals surface area contributed by atoms with Crippen LogP contribution in [0.25, 0.3) is 0 Å². The predicted octanol–water partition coefficient (Wildman–Crippen LogP) is 3.43. The molecule has 10 heteroatoms. The van der Waals surface area contributed by atoms with Gasteiger partial charge >= 0.3 is 6.18 Å². The van der Waals surface area contributed by atoms with Gasteiger partial charge < -0.3 is 10.1 Å². The largest absolute Gasteiger partial charge is 0.416 e. The molecule has 1 heterocycles. The lowest BCUT2D eigenvalue weighted by Crippen LogP contribution is -2.42. The summed E-state index contributed by atoms with van der Waals surface area (Å²) in [7, 11) is -3.90. The van der Waals surface area contributed by atoms with E-state index in [4.69, 9.17) is 4.74 Å². The highest BCUT2D eigenvalue weighted by Gasteiger charge is 2.33. The van der Waals surface area contributed by atoms with Gasteiger partial charge in [-0.05, 0) is 23.8 Å². The van der Waals surface area contributed by atoms with E-state index in [-0.39, 0.29) is 43.3 Å². The van der Waals surface area contributed by atoms with Crippen molar-refractivity contribution in [1.82, 2.24) is 9.62 Å². The van der Waals surface area contributed by atoms with Crippen molar-refractivity contribution < 1.29 is 31.1 Å². The van der Waals surface area contributed by atoms with Gasteiger partial charge in [0, 0.05) is 25.0 Å². The summed E-state index contributed by atoms with van der Waals surface area (Å²) in [6.45, 7) is 4.37. The molecule has 1 aliphatic rings. The Morgan fingerprint density at radius 3 is 2.31 bits per heavy atom. The van der Waals surface area contributed by atoms with Crippen molar-refractivity contribution in [3.63, 3.8) is 0 Å². The summed E-state index contributed by atoms with van der Waals surface area (Å²) in [5.41, 5.74) is -1.20. The topological polar surface area (TPSA) is 75.7 Å². The highest BCUT2D eigenvalue weighted by molar-refractivity contribution is 7.89. The molecule has 6 nitrogen and oxygen atoms in total. The highest BCUT2D eigenvalue weighted by atomic mass is 32.2. The smallest absolute Gasteiger partial charge is 0.379 e. The molecule has 0 radical (unpaired) electrons. The average molecular weight is 471 g/mol. The minimum Gasteiger partial charge on any atom is -0.379 e. The Bertz CT molecular complexity index is 1080. The Labute approximate surface area is 185 Å². The van der Waals surface area contributed by atoms with Gasteiger partial charge in [-0.3, -0.25) is 4.79 Å². The SMILES string of the molecule is CC(C)(CNC(=O)c1ccccc1S(=O)(=O)N1CCOCC1)c1cccc(C(F)(F)F)c1. The van der Waals surface area contributed by atoms with Crippen LogP contribution < -0.4 is 5.32 Å². The van der Waals surface area contributed by atoms with E-state index in [0.717, 1.165) is 12.1 Å². The van der Waals surface area contributed by atoms with Crippen LogP contribution in [0.2, 0.25) is 0 Å². The van der Waals surface area contributed by atoms with E-state index in [1.54, 1.807) is 26.0 Å². The van der Waals surface area contributed by atoms with Crippen LogP contribution in [0.5, 0.6) is 0 Å². The highest BCUT2D eigenvalue weighted by Crippen LogP contribution is 2.32. The fraction of sp³-hybridized carbons (Fsp3) is 0.409. The van der Waals surface area contributed by atoms with Crippen LogP contribution in [0.15, 0.2) is 53.4 Å². The average Bonchev–Trinajstić information content (AvgIpc) is 2.77. The van der Waals surface area contributed by atoms with Gasteiger partial charge in [-0.2, -0.15) is 17.5 Å². The van der Waals surface area contributed by atoms with Crippen molar-refractivity contribution in [2.45, 2.75) is 30.3 Å². The molecule has 1 amide bonds. The van der Waals surface area contributed by atoms with Crippen molar-refractivity contribution in [3.8, 4) is 0 Å². The summed E-state index contributed by atoms with van der Waals surface area (Å²) in [4.78, 5) is 12.8. The fourth-order valence-corrected chi connectivity index (χ4v) is 5.02. The zero-order chi connectivity index (χ0) is 23.6. The van der Waals surface area contributed by atoms with Gasteiger partial charge in [0.25, 0.3) is 5.91 Å². The number of halogens is 3. The first-order valence-electron chi connectivity index (χ1n) is 10.1. The van der Waals surface area contributed by atoms with Gasteiger partial charge in [0.15, 0.2) is 0 Å². The Kier molecular flexibility index (Phi) is 6.97. The summed E-state index contributed by atoms with van der Waals surface area (Å²) in [6, 6.07) is 10.8. The number of nitrogens with one attached hydrogen (secondary N) is 1. The third-order valence-corrected chi connectivity index (χ3v) is 7.34. The molecule has 1 aliphatic heterocycles. The van der Waals surface area contributed by atoms with Crippen LogP contribution in [0.3, 0.4) is 0 Å². The molecule has 174 valence electrons. The Morgan fingerprint density at radius 1 is 1.03 bits per heavy atom. The number of amides is 1. The maximum absolute atomic E-state index is 13.1. The van der Waals surface area contributed by atoms with Gasteiger partial charge in [-0.15, -0.1) is 0 Å². The van der Waals surface area contributed by atoms with Crippen molar-refractivity contribution in [1.29, 1.82) is 0 Å². The lowest BCUT2D eigenvalue weighted by molar-refractivity contribution is -0.137. The maximum Gasteiger partial charge on any atom is 0.416 e. The molecule has 32 heavy (non-hydrogen) atoms. The number of hydrogen-bond donors (Lipinski definition) is 1. The molecule has 1 saturated heterocycles. The standard InChI is InChI=1S/C22H25F3N2O4S/c1-21(2,16-6-5-7-17(14-16)22(23,24)25)15-26-20(28)18-8-3-4-9-19(18)32(29,30)27-10-12-31-13-11-27/h3-9,14H,10-13,15H2,1-2H3,(H,26,28). The zero-order valence-electron chi connectivity index (χ0n) is 17.8. The van der Waals surface area contributed by atoms with E-state index in [9.17, 15) is 26.4 Å². The second kappa shape index (κ2) is 9.21. The molecule has 2 aromatic rings. The molecule has 1 N–H and O–H groups in total. The van der Waals surface area contributed by atoms with Gasteiger partial charge in [0.2, 0.25) is 10.0 Å². The van der Waals surface area contributed by atoms with Crippen LogP contribution in [-0.4, -0.2) is 51.5 Å². The molecule has 1 fully saturated rings. The normalized spacial score (nSPS) is 16.0. The molecule has 0 aliphatic carbocycles. The lowest BCUT2D eigenvalue weighted by Gasteiger charge is -2.28. The van der Waals surface area contributed by atoms with E-state index < -0.39 is 33.1 Å². The van der Waals surface area contributed by atoms with Crippen LogP contribution >= 0.6 is 0 Å². The first-order valence-corrected chi connectivity index (χ1v) is 11.5. The van der Waals surface area contributed by atoms with Gasteiger partial charge in [0.05, 0.1) is 29.2 Å². The number of alkyl halides is 3. The Morgan fingerprint density at radius 2 is 1.66 bits per heavy atom. The summed E-state index contributed by atoms with van der Waals surface area (Å²) in [5, 5.41) is 2.68. The number of nitrogens with zero attached hydrogens (tertiary/aromatic N) is 1. The van der Waals surface area contributed by atoms with Crippen molar-refractivity contribution in [2.75, 3.05) is 32.8 Å². The first-order chi connectivity index (χ1) is 14.9. The number of rotatable bonds is 6. The molecule has 0 unspecified atom stereocenters. The molecule has 0 saturated carbocycles. The number of sulfonamides is 1. The number of benzene rings is 2. The number of ether oxygens (including phenoxy) is 1. The maximum atomic E-state index is 13.1. The number of morpholine rings is 1. The third-order valence-electron chi connectivity index (χ3n) is 5.38. The molecule has 0 aromatic heterocycles. The molecule has 3 rings (SSSR count). The van der Waals surface area contributed by atoms with E-state index in [0.29, 0.717) is 5.56 Å². The van der Waals surface area contributed by atoms with Gasteiger partial charge in [-0.1, -0.05) is 44.2 Å². The lowest BCUT2D eigenvalue weighted by atomic mass is 9.83. The van der Waals surface area contributed by atoms with E-state index in [1.165, 1.54) is 28.6 Å². The van der Waals surface area contributed by atoms with E-state index in [1.807, 2.05) is 0 Å². The monoisotopic (exact) mass is 470 g/mol. The van der Waals surface area contributed by atoms with E-state index in [2.05, 4.69) is 5.32 Å². The Balaban J connectivity index is 1.80. The van der Waals surface area contributed by atoms with Crippen molar-refractivity contribution >= 4 is 15.9 Å². The zero-order valence-corrected chi connectivity index (χ0v) is 18.6. The summed E-state index contributed by atoms with van der Waals surface area (Å²) < 4.78 is 71.8. The Hall–Kier alpha value is -2.43. The number of carbonyl (C=O) groups excluding carboxylic acids is 1. The first kappa shape index (κ1) is 24.2. The van der Waals surface area contributed by atoms with Crippen LogP contribution in [0.4, 0.5) is 13.2 Å². The minimum atomic E-state index is -4.47. The summed E-state index contributed by atoms with van der Waals surface area (Å²) in [6.07, 6.45) is -4.47. The van der Waals surface area contributed by atoms with Crippen LogP contribution in [0, 0.1) is 0 Å². The van der Waals surface area contributed by atoms with Gasteiger partial charge in [-0.25, -0.2) is 8.42 Å². The third kappa shape index (κ3) is 5.31. The predicted molar refractivity (Wildman–Crippen MR) is 113 cm³/mol. The molecule has 0 bridgehead atoms. The second-order valence-corrected chi connectivity index (χ2v) is 10.1. The fourth-order valence-electron chi connectivity index (χ4n) is 3.42. The molecular weight excluding hydrogens is 445 g/mol. The van der Waals surface area contributed by atoms with Crippen LogP contribution in [-0.2, 0) is 26.4 Å². The summed E-state index contributed by atoms with van der Waals surface area (Å²) >= 11 is 0. The second-order valence-electron chi connectivity index (χ2n) is 8.16. The molecule has 0 spiro atoms. The van der Waals surface area contributed by atoms with Crippen molar-refractivity contribution in [2.24, 2.45) is 0 Å². The number of hydrogen-bond acceptors (Lipinski definition) is 4. The quantitative estimate of drug-likeness (QED) is 0.702. The van der Waals surface area contributed by atoms with Crippen LogP contribution in [0.1, 0.15) is 35.3 Å². The van der Waals surface area contributed by atoms with Crippen molar-refractivity contribution in [3.05, 3.63) is 65.2 Å². The van der Waals surface area contributed by atoms with Gasteiger partial charge in [0.1, 0.15) is 0 Å². The molecule has 2 aromatic carbocycles. The summed E-state index contributed by atoms with van der Waals surface area (Å²) in [5.74, 6) is -0.613. The number of carbonyl (C=O) groups is 1. The minimum absolute atomic E-state index is 0.0130. The molecule has 0 atom stereocenters.